The maximum atomic E-state index is 4.88. The lowest BCUT2D eigenvalue weighted by Crippen LogP contribution is -2.06. The highest BCUT2D eigenvalue weighted by molar-refractivity contribution is 5.24. The number of nitrogens with two attached hydrogens (primary N) is 1. The van der Waals surface area contributed by atoms with Crippen molar-refractivity contribution in [3.05, 3.63) is 6.20 Å². The van der Waals surface area contributed by atoms with E-state index in [9.17, 15) is 0 Å². The third-order valence-electron chi connectivity index (χ3n) is 0.509. The van der Waals surface area contributed by atoms with Crippen molar-refractivity contribution in [2.75, 3.05) is 5.43 Å². The van der Waals surface area contributed by atoms with E-state index in [1.165, 1.54) is 6.20 Å². The molecule has 0 radical (unpaired) electrons. The normalized spacial score (nSPS) is 8.71. The van der Waals surface area contributed by atoms with E-state index in [1.54, 1.807) is 0 Å². The van der Waals surface area contributed by atoms with Gasteiger partial charge in [0, 0.05) is 0 Å². The first kappa shape index (κ1) is 4.07. The zero-order valence-corrected chi connectivity index (χ0v) is 3.46. The van der Waals surface area contributed by atoms with Crippen LogP contribution in [-0.4, -0.2) is 10.3 Å². The number of anilines is 1. The number of hydrogen-bond acceptors (Lipinski definition) is 5. The number of rotatable bonds is 1. The molecule has 1 aromatic heterocycles. The minimum atomic E-state index is 0.431. The fourth-order valence-corrected chi connectivity index (χ4v) is 0.228. The molecule has 0 bridgehead atoms. The van der Waals surface area contributed by atoms with Gasteiger partial charge in [-0.25, -0.2) is 10.5 Å². The second-order valence-electron chi connectivity index (χ2n) is 0.937. The number of nitrogens with zero attached hydrogens (tertiary/aromatic N) is 2. The Kier molecular flexibility index (Phi) is 0.910. The van der Waals surface area contributed by atoms with Crippen LogP contribution >= 0.6 is 0 Å². The van der Waals surface area contributed by atoms with E-state index < -0.39 is 0 Å². The summed E-state index contributed by atoms with van der Waals surface area (Å²) >= 11 is 0. The first-order valence-corrected chi connectivity index (χ1v) is 1.67. The van der Waals surface area contributed by atoms with E-state index in [-0.39, 0.29) is 0 Å². The Hall–Kier alpha value is -1.10. The van der Waals surface area contributed by atoms with Crippen LogP contribution in [0.25, 0.3) is 0 Å². The van der Waals surface area contributed by atoms with Crippen LogP contribution < -0.4 is 11.3 Å². The van der Waals surface area contributed by atoms with Crippen molar-refractivity contribution in [2.45, 2.75) is 0 Å². The summed E-state index contributed by atoms with van der Waals surface area (Å²) in [5.74, 6) is 5.31. The van der Waals surface area contributed by atoms with Gasteiger partial charge in [0.25, 0.3) is 0 Å². The average molecular weight is 100 g/mol. The Balaban J connectivity index is 2.76. The zero-order chi connectivity index (χ0) is 5.11. The minimum Gasteiger partial charge on any atom is -0.304 e. The maximum absolute atomic E-state index is 4.88. The van der Waals surface area contributed by atoms with Crippen LogP contribution in [0.5, 0.6) is 0 Å². The predicted octanol–water partition coefficient (Wildman–Crippen LogP) is -0.645. The van der Waals surface area contributed by atoms with Crippen molar-refractivity contribution in [2.24, 2.45) is 5.84 Å². The third-order valence-corrected chi connectivity index (χ3v) is 0.509. The lowest BCUT2D eigenvalue weighted by Gasteiger charge is -1.81. The van der Waals surface area contributed by atoms with Gasteiger partial charge in [-0.1, -0.05) is 5.16 Å². The maximum Gasteiger partial charge on any atom is 0.204 e. The topological polar surface area (TPSA) is 77.0 Å². The van der Waals surface area contributed by atoms with Crippen LogP contribution in [0, 0.1) is 0 Å². The first-order valence-electron chi connectivity index (χ1n) is 1.67. The van der Waals surface area contributed by atoms with Crippen molar-refractivity contribution in [3.8, 4) is 0 Å². The van der Waals surface area contributed by atoms with Crippen molar-refractivity contribution < 1.29 is 4.63 Å². The lowest BCUT2D eigenvalue weighted by molar-refractivity contribution is 0.308. The Labute approximate surface area is 39.4 Å². The van der Waals surface area contributed by atoms with Crippen LogP contribution in [0.15, 0.2) is 10.8 Å². The predicted molar refractivity (Wildman–Crippen MR) is 22.1 cm³/mol. The summed E-state index contributed by atoms with van der Waals surface area (Å²) in [5.41, 5.74) is 2.24. The molecule has 0 aliphatic heterocycles. The minimum absolute atomic E-state index is 0.431. The van der Waals surface area contributed by atoms with Gasteiger partial charge < -0.3 is 5.43 Å². The molecule has 7 heavy (non-hydrogen) atoms. The first-order chi connectivity index (χ1) is 3.43. The third kappa shape index (κ3) is 0.660. The van der Waals surface area contributed by atoms with E-state index in [0.717, 1.165) is 0 Å². The number of nitrogen functional groups attached to an aromatic ring is 1. The molecule has 1 aromatic rings. The molecule has 5 nitrogen and oxygen atoms in total. The summed E-state index contributed by atoms with van der Waals surface area (Å²) in [6.45, 7) is 0. The SMILES string of the molecule is NNc1cnon1. The molecule has 0 unspecified atom stereocenters. The molecule has 0 aliphatic carbocycles. The van der Waals surface area contributed by atoms with E-state index in [2.05, 4.69) is 20.4 Å². The van der Waals surface area contributed by atoms with E-state index in [4.69, 9.17) is 5.84 Å². The van der Waals surface area contributed by atoms with Gasteiger partial charge in [-0.2, -0.15) is 0 Å². The molecule has 0 amide bonds. The molecule has 5 heteroatoms. The van der Waals surface area contributed by atoms with Crippen molar-refractivity contribution >= 4 is 5.82 Å². The Morgan fingerprint density at radius 3 is 3.00 bits per heavy atom. The van der Waals surface area contributed by atoms with Gasteiger partial charge in [0.05, 0.1) is 0 Å². The molecule has 0 fully saturated rings. The zero-order valence-electron chi connectivity index (χ0n) is 3.46. The van der Waals surface area contributed by atoms with Gasteiger partial charge in [0.1, 0.15) is 6.20 Å². The highest BCUT2D eigenvalue weighted by Gasteiger charge is 1.86. The highest BCUT2D eigenvalue weighted by atomic mass is 16.6. The molecule has 0 saturated heterocycles. The van der Waals surface area contributed by atoms with Gasteiger partial charge in [-0.15, -0.1) is 0 Å². The summed E-state index contributed by atoms with van der Waals surface area (Å²) in [6, 6.07) is 0. The highest BCUT2D eigenvalue weighted by Crippen LogP contribution is 1.91. The lowest BCUT2D eigenvalue weighted by atomic mass is 10.8. The van der Waals surface area contributed by atoms with Crippen LogP contribution in [0.3, 0.4) is 0 Å². The summed E-state index contributed by atoms with van der Waals surface area (Å²) in [4.78, 5) is 0. The molecular weight excluding hydrogens is 96.0 g/mol. The van der Waals surface area contributed by atoms with E-state index in [0.29, 0.717) is 5.82 Å². The summed E-state index contributed by atoms with van der Waals surface area (Å²) in [5, 5.41) is 6.58. The summed E-state index contributed by atoms with van der Waals surface area (Å²) in [7, 11) is 0. The summed E-state index contributed by atoms with van der Waals surface area (Å²) < 4.78 is 4.16. The Morgan fingerprint density at radius 2 is 2.71 bits per heavy atom. The standard InChI is InChI=1S/C2H4N4O/c3-5-2-1-4-7-6-2/h1H,3H2,(H,5,6). The summed E-state index contributed by atoms with van der Waals surface area (Å²) in [6.07, 6.45) is 1.38. The molecule has 38 valence electrons. The quantitative estimate of drug-likeness (QED) is 0.362. The van der Waals surface area contributed by atoms with Crippen molar-refractivity contribution in [1.29, 1.82) is 0 Å². The largest absolute Gasteiger partial charge is 0.304 e. The van der Waals surface area contributed by atoms with Crippen LogP contribution in [0.1, 0.15) is 0 Å². The molecule has 3 N–H and O–H groups in total. The van der Waals surface area contributed by atoms with Gasteiger partial charge in [-0.3, -0.25) is 0 Å². The molecule has 1 heterocycles. The molecule has 0 atom stereocenters. The smallest absolute Gasteiger partial charge is 0.204 e. The van der Waals surface area contributed by atoms with Crippen molar-refractivity contribution in [3.63, 3.8) is 0 Å². The second kappa shape index (κ2) is 1.57. The van der Waals surface area contributed by atoms with Crippen LogP contribution in [0.4, 0.5) is 5.82 Å². The Morgan fingerprint density at radius 1 is 1.86 bits per heavy atom. The van der Waals surface area contributed by atoms with Crippen LogP contribution in [0.2, 0.25) is 0 Å². The van der Waals surface area contributed by atoms with Crippen molar-refractivity contribution in [1.82, 2.24) is 10.3 Å². The molecular formula is C2H4N4O. The Bertz CT molecular complexity index is 124. The molecule has 1 rings (SSSR count). The van der Waals surface area contributed by atoms with Gasteiger partial charge in [-0.05, 0) is 5.16 Å². The molecule has 0 saturated carbocycles. The fraction of sp³-hybridized carbons (Fsp3) is 0. The van der Waals surface area contributed by atoms with Gasteiger partial charge in [0.2, 0.25) is 5.82 Å². The monoisotopic (exact) mass is 100 g/mol. The number of hydrogen-bond donors (Lipinski definition) is 2. The van der Waals surface area contributed by atoms with E-state index >= 15 is 0 Å². The van der Waals surface area contributed by atoms with Gasteiger partial charge in [0.15, 0.2) is 0 Å². The number of hydrazine groups is 1. The second-order valence-corrected chi connectivity index (χ2v) is 0.937. The van der Waals surface area contributed by atoms with Gasteiger partial charge >= 0.3 is 0 Å². The molecule has 0 aromatic carbocycles. The van der Waals surface area contributed by atoms with E-state index in [1.807, 2.05) is 0 Å². The number of aromatic nitrogens is 2. The fourth-order valence-electron chi connectivity index (χ4n) is 0.228. The van der Waals surface area contributed by atoms with Crippen LogP contribution in [-0.2, 0) is 0 Å². The molecule has 0 aliphatic rings. The average Bonchev–Trinajstić information content (AvgIpc) is 2.14. The molecule has 0 spiro atoms. The number of nitrogens with one attached hydrogen (secondary N) is 1.